The summed E-state index contributed by atoms with van der Waals surface area (Å²) in [6.07, 6.45) is 7.87. The molecule has 2 aliphatic heterocycles. The van der Waals surface area contributed by atoms with E-state index in [0.717, 1.165) is 39.0 Å². The van der Waals surface area contributed by atoms with Crippen molar-refractivity contribution < 1.29 is 14.3 Å². The number of rotatable bonds is 3. The molecule has 1 aromatic rings. The van der Waals surface area contributed by atoms with Crippen molar-refractivity contribution in [3.8, 4) is 0 Å². The van der Waals surface area contributed by atoms with Crippen LogP contribution in [0.15, 0.2) is 18.6 Å². The first-order valence-electron chi connectivity index (χ1n) is 7.38. The Hall–Kier alpha value is -1.53. The third kappa shape index (κ3) is 3.06. The molecule has 1 aromatic heterocycles. The molecule has 0 saturated carbocycles. The van der Waals surface area contributed by atoms with Gasteiger partial charge in [-0.2, -0.15) is 0 Å². The molecule has 0 aromatic carbocycles. The zero-order valence-corrected chi connectivity index (χ0v) is 12.3. The third-order valence-corrected chi connectivity index (χ3v) is 4.53. The van der Waals surface area contributed by atoms with Crippen molar-refractivity contribution in [1.29, 1.82) is 0 Å². The predicted octanol–water partition coefficient (Wildman–Crippen LogP) is 1.13. The number of aromatic nitrogens is 2. The van der Waals surface area contributed by atoms with E-state index in [1.165, 1.54) is 6.20 Å². The second-order valence-corrected chi connectivity index (χ2v) is 5.98. The molecule has 2 aliphatic rings. The highest BCUT2D eigenvalue weighted by atomic mass is 16.5. The number of hydrogen-bond donors (Lipinski definition) is 0. The molecule has 0 N–H and O–H groups in total. The van der Waals surface area contributed by atoms with E-state index in [1.807, 2.05) is 4.90 Å². The Morgan fingerprint density at radius 1 is 1.48 bits per heavy atom. The van der Waals surface area contributed by atoms with Crippen molar-refractivity contribution in [1.82, 2.24) is 14.9 Å². The fraction of sp³-hybridized carbons (Fsp3) is 0.667. The van der Waals surface area contributed by atoms with Crippen LogP contribution >= 0.6 is 0 Å². The lowest BCUT2D eigenvalue weighted by Crippen LogP contribution is -2.43. The Balaban J connectivity index is 1.57. The average Bonchev–Trinajstić information content (AvgIpc) is 2.91. The van der Waals surface area contributed by atoms with E-state index in [4.69, 9.17) is 9.47 Å². The normalized spacial score (nSPS) is 24.4. The van der Waals surface area contributed by atoms with Crippen molar-refractivity contribution in [2.45, 2.75) is 25.4 Å². The van der Waals surface area contributed by atoms with Crippen molar-refractivity contribution in [2.24, 2.45) is 5.41 Å². The molecule has 21 heavy (non-hydrogen) atoms. The highest BCUT2D eigenvalue weighted by Crippen LogP contribution is 2.42. The van der Waals surface area contributed by atoms with E-state index >= 15 is 0 Å². The van der Waals surface area contributed by atoms with Crippen LogP contribution in [0.2, 0.25) is 0 Å². The summed E-state index contributed by atoms with van der Waals surface area (Å²) in [7, 11) is 1.70. The van der Waals surface area contributed by atoms with Crippen molar-refractivity contribution >= 4 is 5.91 Å². The quantitative estimate of drug-likeness (QED) is 0.835. The fourth-order valence-corrected chi connectivity index (χ4v) is 3.29. The summed E-state index contributed by atoms with van der Waals surface area (Å²) >= 11 is 0. The minimum absolute atomic E-state index is 0.0229. The molecular formula is C15H21N3O3. The minimum atomic E-state index is -0.0229. The van der Waals surface area contributed by atoms with Crippen LogP contribution < -0.4 is 0 Å². The fourth-order valence-electron chi connectivity index (χ4n) is 3.29. The van der Waals surface area contributed by atoms with Crippen LogP contribution in [0.4, 0.5) is 0 Å². The lowest BCUT2D eigenvalue weighted by atomic mass is 9.76. The van der Waals surface area contributed by atoms with Gasteiger partial charge in [0.25, 0.3) is 5.91 Å². The number of nitrogens with zero attached hydrogens (tertiary/aromatic N) is 3. The monoisotopic (exact) mass is 291 g/mol. The van der Waals surface area contributed by atoms with Crippen LogP contribution in [0.1, 0.15) is 29.8 Å². The molecule has 2 saturated heterocycles. The second-order valence-electron chi connectivity index (χ2n) is 5.98. The Kier molecular flexibility index (Phi) is 4.17. The lowest BCUT2D eigenvalue weighted by Gasteiger charge is -2.38. The summed E-state index contributed by atoms with van der Waals surface area (Å²) in [6.45, 7) is 2.97. The molecule has 114 valence electrons. The van der Waals surface area contributed by atoms with Crippen molar-refractivity contribution in [3.05, 3.63) is 24.3 Å². The molecule has 0 unspecified atom stereocenters. The zero-order valence-electron chi connectivity index (χ0n) is 12.3. The van der Waals surface area contributed by atoms with Crippen LogP contribution in [0.5, 0.6) is 0 Å². The first-order chi connectivity index (χ1) is 10.2. The van der Waals surface area contributed by atoms with Crippen LogP contribution in [0.3, 0.4) is 0 Å². The lowest BCUT2D eigenvalue weighted by molar-refractivity contribution is 0.0280. The van der Waals surface area contributed by atoms with Gasteiger partial charge in [-0.05, 0) is 24.7 Å². The van der Waals surface area contributed by atoms with Crippen molar-refractivity contribution in [2.75, 3.05) is 33.4 Å². The maximum absolute atomic E-state index is 12.3. The van der Waals surface area contributed by atoms with Gasteiger partial charge in [0.15, 0.2) is 0 Å². The number of amides is 1. The first kappa shape index (κ1) is 14.4. The smallest absolute Gasteiger partial charge is 0.274 e. The number of likely N-dealkylation sites (tertiary alicyclic amines) is 1. The minimum Gasteiger partial charge on any atom is -0.382 e. The molecule has 6 heteroatoms. The third-order valence-electron chi connectivity index (χ3n) is 4.53. The van der Waals surface area contributed by atoms with Gasteiger partial charge in [0, 0.05) is 32.6 Å². The summed E-state index contributed by atoms with van der Waals surface area (Å²) in [5, 5.41) is 0. The predicted molar refractivity (Wildman–Crippen MR) is 75.8 cm³/mol. The van der Waals surface area contributed by atoms with Crippen molar-refractivity contribution in [3.63, 3.8) is 0 Å². The van der Waals surface area contributed by atoms with Gasteiger partial charge in [0.1, 0.15) is 5.69 Å². The van der Waals surface area contributed by atoms with Crippen LogP contribution in [0.25, 0.3) is 0 Å². The molecule has 0 bridgehead atoms. The van der Waals surface area contributed by atoms with E-state index in [1.54, 1.807) is 19.5 Å². The highest BCUT2D eigenvalue weighted by molar-refractivity contribution is 5.92. The van der Waals surface area contributed by atoms with Gasteiger partial charge in [0.2, 0.25) is 0 Å². The summed E-state index contributed by atoms with van der Waals surface area (Å²) in [5.41, 5.74) is 0.649. The molecular weight excluding hydrogens is 270 g/mol. The van der Waals surface area contributed by atoms with Gasteiger partial charge in [-0.1, -0.05) is 0 Å². The summed E-state index contributed by atoms with van der Waals surface area (Å²) in [6, 6.07) is 0. The van der Waals surface area contributed by atoms with Crippen LogP contribution in [-0.4, -0.2) is 60.3 Å². The SMILES string of the molecule is COC[C@H]1CC2(CCN(C(=O)c3cnccn3)CC2)CO1. The summed E-state index contributed by atoms with van der Waals surface area (Å²) in [5.74, 6) is -0.0229. The first-order valence-corrected chi connectivity index (χ1v) is 7.38. The summed E-state index contributed by atoms with van der Waals surface area (Å²) in [4.78, 5) is 22.3. The number of piperidine rings is 1. The number of carbonyl (C=O) groups excluding carboxylic acids is 1. The van der Waals surface area contributed by atoms with Gasteiger partial charge in [-0.15, -0.1) is 0 Å². The number of carbonyl (C=O) groups is 1. The largest absolute Gasteiger partial charge is 0.382 e. The Morgan fingerprint density at radius 2 is 2.29 bits per heavy atom. The molecule has 6 nitrogen and oxygen atoms in total. The van der Waals surface area contributed by atoms with Gasteiger partial charge < -0.3 is 14.4 Å². The topological polar surface area (TPSA) is 64.5 Å². The number of methoxy groups -OCH3 is 1. The van der Waals surface area contributed by atoms with Gasteiger partial charge in [0.05, 0.1) is 25.5 Å². The highest BCUT2D eigenvalue weighted by Gasteiger charge is 2.43. The molecule has 1 spiro atoms. The maximum atomic E-state index is 12.3. The molecule has 3 rings (SSSR count). The molecule has 3 heterocycles. The van der Waals surface area contributed by atoms with Gasteiger partial charge in [-0.3, -0.25) is 9.78 Å². The van der Waals surface area contributed by atoms with E-state index in [-0.39, 0.29) is 17.4 Å². The Morgan fingerprint density at radius 3 is 2.95 bits per heavy atom. The van der Waals surface area contributed by atoms with E-state index < -0.39 is 0 Å². The molecule has 2 fully saturated rings. The molecule has 1 atom stereocenters. The molecule has 0 aliphatic carbocycles. The number of hydrogen-bond acceptors (Lipinski definition) is 5. The standard InChI is InChI=1S/C15H21N3O3/c1-20-10-12-8-15(11-21-12)2-6-18(7-3-15)14(19)13-9-16-4-5-17-13/h4-5,9,12H,2-3,6-8,10-11H2,1H3/t12-/m1/s1. The Bertz CT molecular complexity index is 486. The molecule has 1 amide bonds. The summed E-state index contributed by atoms with van der Waals surface area (Å²) < 4.78 is 11.0. The van der Waals surface area contributed by atoms with E-state index in [9.17, 15) is 4.79 Å². The molecule has 0 radical (unpaired) electrons. The van der Waals surface area contributed by atoms with E-state index in [0.29, 0.717) is 12.3 Å². The van der Waals surface area contributed by atoms with Gasteiger partial charge in [-0.25, -0.2) is 4.98 Å². The van der Waals surface area contributed by atoms with Crippen LogP contribution in [-0.2, 0) is 9.47 Å². The maximum Gasteiger partial charge on any atom is 0.274 e. The van der Waals surface area contributed by atoms with Gasteiger partial charge >= 0.3 is 0 Å². The second kappa shape index (κ2) is 6.07. The average molecular weight is 291 g/mol. The van der Waals surface area contributed by atoms with E-state index in [2.05, 4.69) is 9.97 Å². The van der Waals surface area contributed by atoms with Crippen LogP contribution in [0, 0.1) is 5.41 Å². The zero-order chi connectivity index (χ0) is 14.7. The Labute approximate surface area is 124 Å². The number of ether oxygens (including phenoxy) is 2.